The summed E-state index contributed by atoms with van der Waals surface area (Å²) in [5.74, 6) is 0.900. The minimum Gasteiger partial charge on any atom is -0.375 e. The van der Waals surface area contributed by atoms with E-state index in [1.165, 1.54) is 4.88 Å². The molecule has 24 heavy (non-hydrogen) atoms. The molecule has 0 bridgehead atoms. The first-order chi connectivity index (χ1) is 11.1. The van der Waals surface area contributed by atoms with Gasteiger partial charge in [0, 0.05) is 50.2 Å². The van der Waals surface area contributed by atoms with Gasteiger partial charge in [0.2, 0.25) is 5.91 Å². The number of nitrogens with two attached hydrogens (primary N) is 1. The topological polar surface area (TPSA) is 65.7 Å². The SMILES string of the molecule is CN1CCN(C(=O)CC2CCN(Cc3cnc(N)s3)CC2)CC1.Cl. The minimum absolute atomic E-state index is 0. The fourth-order valence-corrected chi connectivity index (χ4v) is 4.12. The van der Waals surface area contributed by atoms with Crippen molar-refractivity contribution in [2.24, 2.45) is 5.92 Å². The summed E-state index contributed by atoms with van der Waals surface area (Å²) in [4.78, 5) is 24.5. The number of hydrogen-bond acceptors (Lipinski definition) is 6. The zero-order valence-corrected chi connectivity index (χ0v) is 15.9. The van der Waals surface area contributed by atoms with E-state index in [-0.39, 0.29) is 12.4 Å². The number of carbonyl (C=O) groups is 1. The first-order valence-electron chi connectivity index (χ1n) is 8.49. The van der Waals surface area contributed by atoms with Crippen LogP contribution in [0.15, 0.2) is 6.20 Å². The first-order valence-corrected chi connectivity index (χ1v) is 9.30. The largest absolute Gasteiger partial charge is 0.375 e. The van der Waals surface area contributed by atoms with Crippen LogP contribution in [0.2, 0.25) is 0 Å². The van der Waals surface area contributed by atoms with Crippen LogP contribution < -0.4 is 5.73 Å². The van der Waals surface area contributed by atoms with Gasteiger partial charge in [-0.3, -0.25) is 9.69 Å². The van der Waals surface area contributed by atoms with E-state index >= 15 is 0 Å². The molecule has 3 heterocycles. The number of likely N-dealkylation sites (tertiary alicyclic amines) is 1. The molecular weight excluding hydrogens is 346 g/mol. The Balaban J connectivity index is 0.00000208. The standard InChI is InChI=1S/C16H27N5OS.ClH/c1-19-6-8-21(9-7-19)15(22)10-13-2-4-20(5-3-13)12-14-11-18-16(17)23-14;/h11,13H,2-10,12H2,1H3,(H2,17,18);1H. The highest BCUT2D eigenvalue weighted by Gasteiger charge is 2.25. The predicted molar refractivity (Wildman–Crippen MR) is 100 cm³/mol. The third-order valence-corrected chi connectivity index (χ3v) is 5.79. The summed E-state index contributed by atoms with van der Waals surface area (Å²) in [6.07, 6.45) is 4.84. The van der Waals surface area contributed by atoms with Crippen LogP contribution in [0.1, 0.15) is 24.1 Å². The number of amides is 1. The van der Waals surface area contributed by atoms with Gasteiger partial charge in [-0.05, 0) is 38.9 Å². The quantitative estimate of drug-likeness (QED) is 0.866. The molecule has 0 spiro atoms. The molecule has 2 saturated heterocycles. The molecule has 1 aromatic rings. The summed E-state index contributed by atoms with van der Waals surface area (Å²) in [5, 5.41) is 0.646. The Morgan fingerprint density at radius 3 is 2.50 bits per heavy atom. The Morgan fingerprint density at radius 1 is 1.25 bits per heavy atom. The third kappa shape index (κ3) is 5.31. The van der Waals surface area contributed by atoms with Crippen LogP contribution in [0.4, 0.5) is 5.13 Å². The van der Waals surface area contributed by atoms with Crippen molar-refractivity contribution in [2.45, 2.75) is 25.8 Å². The lowest BCUT2D eigenvalue weighted by Crippen LogP contribution is -2.47. The van der Waals surface area contributed by atoms with Gasteiger partial charge in [-0.25, -0.2) is 4.98 Å². The number of piperazine rings is 1. The Labute approximate surface area is 154 Å². The van der Waals surface area contributed by atoms with Crippen LogP contribution in [0.3, 0.4) is 0 Å². The number of thiazole rings is 1. The average molecular weight is 374 g/mol. The van der Waals surface area contributed by atoms with E-state index < -0.39 is 0 Å². The Bertz CT molecular complexity index is 524. The van der Waals surface area contributed by atoms with Gasteiger partial charge in [0.25, 0.3) is 0 Å². The highest BCUT2D eigenvalue weighted by molar-refractivity contribution is 7.15. The maximum Gasteiger partial charge on any atom is 0.222 e. The van der Waals surface area contributed by atoms with E-state index in [0.717, 1.165) is 65.1 Å². The van der Waals surface area contributed by atoms with Crippen molar-refractivity contribution in [3.8, 4) is 0 Å². The van der Waals surface area contributed by atoms with Crippen molar-refractivity contribution >= 4 is 34.8 Å². The Kier molecular flexibility index (Phi) is 7.28. The van der Waals surface area contributed by atoms with Crippen molar-refractivity contribution in [1.82, 2.24) is 19.7 Å². The van der Waals surface area contributed by atoms with Gasteiger partial charge >= 0.3 is 0 Å². The molecule has 1 aromatic heterocycles. The highest BCUT2D eigenvalue weighted by atomic mass is 35.5. The van der Waals surface area contributed by atoms with Gasteiger partial charge < -0.3 is 15.5 Å². The fourth-order valence-electron chi connectivity index (χ4n) is 3.40. The Hall–Kier alpha value is -0.890. The van der Waals surface area contributed by atoms with Crippen LogP contribution in [0.25, 0.3) is 0 Å². The number of anilines is 1. The van der Waals surface area contributed by atoms with Gasteiger partial charge in [0.1, 0.15) is 0 Å². The maximum atomic E-state index is 12.4. The van der Waals surface area contributed by atoms with Crippen molar-refractivity contribution in [3.05, 3.63) is 11.1 Å². The molecule has 8 heteroatoms. The van der Waals surface area contributed by atoms with E-state index in [9.17, 15) is 4.79 Å². The number of piperidine rings is 1. The monoisotopic (exact) mass is 373 g/mol. The molecule has 6 nitrogen and oxygen atoms in total. The summed E-state index contributed by atoms with van der Waals surface area (Å²) in [6, 6.07) is 0. The molecule has 0 aliphatic carbocycles. The van der Waals surface area contributed by atoms with Crippen LogP contribution in [-0.4, -0.2) is 71.9 Å². The van der Waals surface area contributed by atoms with Gasteiger partial charge in [-0.2, -0.15) is 0 Å². The lowest BCUT2D eigenvalue weighted by Gasteiger charge is -2.35. The van der Waals surface area contributed by atoms with Gasteiger partial charge in [0.05, 0.1) is 0 Å². The second kappa shape index (κ2) is 8.99. The van der Waals surface area contributed by atoms with Crippen molar-refractivity contribution in [1.29, 1.82) is 0 Å². The highest BCUT2D eigenvalue weighted by Crippen LogP contribution is 2.24. The molecule has 0 saturated carbocycles. The Morgan fingerprint density at radius 2 is 1.92 bits per heavy atom. The number of halogens is 1. The van der Waals surface area contributed by atoms with E-state index in [4.69, 9.17) is 5.73 Å². The number of rotatable bonds is 4. The molecule has 2 aliphatic heterocycles. The molecule has 0 unspecified atom stereocenters. The molecule has 2 aliphatic rings. The lowest BCUT2D eigenvalue weighted by molar-refractivity contribution is -0.134. The molecule has 2 N–H and O–H groups in total. The van der Waals surface area contributed by atoms with Crippen molar-refractivity contribution in [3.63, 3.8) is 0 Å². The molecule has 3 rings (SSSR count). The fraction of sp³-hybridized carbons (Fsp3) is 0.750. The average Bonchev–Trinajstić information content (AvgIpc) is 2.95. The van der Waals surface area contributed by atoms with Crippen molar-refractivity contribution in [2.75, 3.05) is 52.0 Å². The summed E-state index contributed by atoms with van der Waals surface area (Å²) in [5.41, 5.74) is 5.68. The maximum absolute atomic E-state index is 12.4. The van der Waals surface area contributed by atoms with E-state index in [2.05, 4.69) is 21.8 Å². The van der Waals surface area contributed by atoms with Gasteiger partial charge in [-0.15, -0.1) is 23.7 Å². The van der Waals surface area contributed by atoms with Crippen LogP contribution in [0, 0.1) is 5.92 Å². The lowest BCUT2D eigenvalue weighted by atomic mass is 9.93. The van der Waals surface area contributed by atoms with E-state index in [1.54, 1.807) is 11.3 Å². The van der Waals surface area contributed by atoms with E-state index in [1.807, 2.05) is 11.1 Å². The second-order valence-corrected chi connectivity index (χ2v) is 7.92. The molecule has 136 valence electrons. The number of aromatic nitrogens is 1. The molecule has 2 fully saturated rings. The van der Waals surface area contributed by atoms with Gasteiger partial charge in [0.15, 0.2) is 5.13 Å². The number of carbonyl (C=O) groups excluding carboxylic acids is 1. The molecule has 0 radical (unpaired) electrons. The normalized spacial score (nSPS) is 20.8. The second-order valence-electron chi connectivity index (χ2n) is 6.77. The van der Waals surface area contributed by atoms with E-state index in [0.29, 0.717) is 17.0 Å². The summed E-state index contributed by atoms with van der Waals surface area (Å²) < 4.78 is 0. The summed E-state index contributed by atoms with van der Waals surface area (Å²) >= 11 is 1.57. The van der Waals surface area contributed by atoms with Crippen molar-refractivity contribution < 1.29 is 4.79 Å². The zero-order chi connectivity index (χ0) is 16.2. The van der Waals surface area contributed by atoms with Gasteiger partial charge in [-0.1, -0.05) is 0 Å². The summed E-state index contributed by atoms with van der Waals surface area (Å²) in [6.45, 7) is 6.86. The molecule has 0 aromatic carbocycles. The smallest absolute Gasteiger partial charge is 0.222 e. The molecule has 0 atom stereocenters. The minimum atomic E-state index is 0. The van der Waals surface area contributed by atoms with Crippen LogP contribution in [0.5, 0.6) is 0 Å². The number of nitrogens with zero attached hydrogens (tertiary/aromatic N) is 4. The number of likely N-dealkylation sites (N-methyl/N-ethyl adjacent to an activating group) is 1. The third-order valence-electron chi connectivity index (χ3n) is 4.98. The molecular formula is C16H28ClN5OS. The van der Waals surface area contributed by atoms with Crippen LogP contribution in [-0.2, 0) is 11.3 Å². The number of nitrogen functional groups attached to an aromatic ring is 1. The molecule has 1 amide bonds. The summed E-state index contributed by atoms with van der Waals surface area (Å²) in [7, 11) is 2.12. The number of hydrogen-bond donors (Lipinski definition) is 1. The predicted octanol–water partition coefficient (Wildman–Crippen LogP) is 1.52. The van der Waals surface area contributed by atoms with Crippen LogP contribution >= 0.6 is 23.7 Å². The zero-order valence-electron chi connectivity index (χ0n) is 14.3. The first kappa shape index (κ1) is 19.4.